The fraction of sp³-hybridized carbons (Fsp3) is 0.0500. The van der Waals surface area contributed by atoms with Crippen molar-refractivity contribution in [3.05, 3.63) is 87.4 Å². The highest BCUT2D eigenvalue weighted by molar-refractivity contribution is 7.21. The summed E-state index contributed by atoms with van der Waals surface area (Å²) < 4.78 is 6.81. The molecule has 4 aromatic rings. The summed E-state index contributed by atoms with van der Waals surface area (Å²) in [6.07, 6.45) is 0. The van der Waals surface area contributed by atoms with E-state index in [1.165, 1.54) is 23.5 Å². The van der Waals surface area contributed by atoms with Crippen molar-refractivity contribution in [3.8, 4) is 16.3 Å². The van der Waals surface area contributed by atoms with E-state index in [2.05, 4.69) is 4.98 Å². The second-order valence-corrected chi connectivity index (χ2v) is 7.28. The van der Waals surface area contributed by atoms with Gasteiger partial charge >= 0.3 is 0 Å². The third-order valence-corrected chi connectivity index (χ3v) is 5.38. The van der Waals surface area contributed by atoms with Crippen LogP contribution in [-0.2, 0) is 6.61 Å². The average molecular weight is 397 g/mol. The van der Waals surface area contributed by atoms with Crippen molar-refractivity contribution in [2.75, 3.05) is 0 Å². The number of hydrogen-bond acceptors (Lipinski definition) is 5. The van der Waals surface area contributed by atoms with Gasteiger partial charge in [0.2, 0.25) is 0 Å². The Morgan fingerprint density at radius 2 is 1.89 bits per heavy atom. The van der Waals surface area contributed by atoms with Crippen LogP contribution in [0.1, 0.15) is 5.56 Å². The molecule has 4 rings (SSSR count). The predicted molar refractivity (Wildman–Crippen MR) is 107 cm³/mol. The maximum atomic E-state index is 11.1. The van der Waals surface area contributed by atoms with E-state index in [9.17, 15) is 10.1 Å². The third-order valence-electron chi connectivity index (χ3n) is 4.00. The van der Waals surface area contributed by atoms with Crippen molar-refractivity contribution in [1.29, 1.82) is 0 Å². The van der Waals surface area contributed by atoms with E-state index in [4.69, 9.17) is 16.3 Å². The second kappa shape index (κ2) is 7.34. The second-order valence-electron chi connectivity index (χ2n) is 5.85. The van der Waals surface area contributed by atoms with Gasteiger partial charge in [0.15, 0.2) is 0 Å². The van der Waals surface area contributed by atoms with Crippen molar-refractivity contribution < 1.29 is 9.66 Å². The highest BCUT2D eigenvalue weighted by atomic mass is 35.5. The zero-order valence-corrected chi connectivity index (χ0v) is 15.5. The van der Waals surface area contributed by atoms with Crippen molar-refractivity contribution in [2.24, 2.45) is 0 Å². The molecule has 0 radical (unpaired) electrons. The van der Waals surface area contributed by atoms with Crippen LogP contribution in [-0.4, -0.2) is 9.91 Å². The van der Waals surface area contributed by atoms with Crippen LogP contribution in [0, 0.1) is 10.1 Å². The average Bonchev–Trinajstić information content (AvgIpc) is 3.10. The van der Waals surface area contributed by atoms with Crippen LogP contribution in [0.4, 0.5) is 5.69 Å². The minimum Gasteiger partial charge on any atom is -0.489 e. The number of hydrogen-bond donors (Lipinski definition) is 0. The van der Waals surface area contributed by atoms with Gasteiger partial charge in [-0.25, -0.2) is 4.98 Å². The Kier molecular flexibility index (Phi) is 4.75. The van der Waals surface area contributed by atoms with Crippen molar-refractivity contribution >= 4 is 38.8 Å². The number of halogens is 1. The quantitative estimate of drug-likeness (QED) is 0.302. The number of fused-ring (bicyclic) bond motifs is 1. The number of nitro benzene ring substituents is 1. The van der Waals surface area contributed by atoms with Crippen LogP contribution in [0.15, 0.2) is 66.7 Å². The molecule has 134 valence electrons. The first-order chi connectivity index (χ1) is 13.1. The van der Waals surface area contributed by atoms with Gasteiger partial charge in [0.25, 0.3) is 5.69 Å². The van der Waals surface area contributed by atoms with Gasteiger partial charge in [-0.05, 0) is 35.9 Å². The minimum atomic E-state index is -0.491. The van der Waals surface area contributed by atoms with E-state index in [0.29, 0.717) is 17.2 Å². The molecule has 27 heavy (non-hydrogen) atoms. The Balaban J connectivity index is 1.61. The molecule has 7 heteroatoms. The van der Waals surface area contributed by atoms with Gasteiger partial charge in [-0.2, -0.15) is 0 Å². The molecule has 0 amide bonds. The van der Waals surface area contributed by atoms with Gasteiger partial charge in [0.05, 0.1) is 15.1 Å². The van der Waals surface area contributed by atoms with E-state index >= 15 is 0 Å². The molecule has 0 unspecified atom stereocenters. The maximum absolute atomic E-state index is 11.1. The first kappa shape index (κ1) is 17.5. The zero-order valence-electron chi connectivity index (χ0n) is 14.0. The Labute approximate surface area is 164 Å². The van der Waals surface area contributed by atoms with Gasteiger partial charge in [0, 0.05) is 11.6 Å². The van der Waals surface area contributed by atoms with E-state index in [-0.39, 0.29) is 10.7 Å². The lowest BCUT2D eigenvalue weighted by Crippen LogP contribution is -1.94. The molecule has 0 aliphatic heterocycles. The molecular formula is C20H13ClN2O3S. The van der Waals surface area contributed by atoms with Crippen LogP contribution in [0.5, 0.6) is 5.75 Å². The largest absolute Gasteiger partial charge is 0.489 e. The summed E-state index contributed by atoms with van der Waals surface area (Å²) in [4.78, 5) is 15.2. The molecule has 0 saturated heterocycles. The SMILES string of the molecule is O=[N+]([O-])c1cc(-c2nc3ccc(OCc4ccccc4)cc3s2)ccc1Cl. The minimum absolute atomic E-state index is 0.112. The summed E-state index contributed by atoms with van der Waals surface area (Å²) in [7, 11) is 0. The number of aromatic nitrogens is 1. The zero-order chi connectivity index (χ0) is 18.8. The molecule has 5 nitrogen and oxygen atoms in total. The Bertz CT molecular complexity index is 1130. The van der Waals surface area contributed by atoms with Crippen LogP contribution in [0.3, 0.4) is 0 Å². The maximum Gasteiger partial charge on any atom is 0.288 e. The molecule has 0 saturated carbocycles. The number of benzene rings is 3. The summed E-state index contributed by atoms with van der Waals surface area (Å²) in [5, 5.41) is 11.9. The lowest BCUT2D eigenvalue weighted by atomic mass is 10.2. The highest BCUT2D eigenvalue weighted by Gasteiger charge is 2.15. The van der Waals surface area contributed by atoms with Gasteiger partial charge in [-0.1, -0.05) is 41.9 Å². The van der Waals surface area contributed by atoms with E-state index < -0.39 is 4.92 Å². The van der Waals surface area contributed by atoms with E-state index in [1.54, 1.807) is 6.07 Å². The fourth-order valence-corrected chi connectivity index (χ4v) is 3.82. The number of rotatable bonds is 5. The van der Waals surface area contributed by atoms with Crippen LogP contribution < -0.4 is 4.74 Å². The molecule has 3 aromatic carbocycles. The first-order valence-corrected chi connectivity index (χ1v) is 9.31. The Morgan fingerprint density at radius 3 is 2.67 bits per heavy atom. The lowest BCUT2D eigenvalue weighted by Gasteiger charge is -2.05. The standard InChI is InChI=1S/C20H13ClN2O3S/c21-16-8-6-14(10-18(16)23(24)25)20-22-17-9-7-15(11-19(17)27-20)26-12-13-4-2-1-3-5-13/h1-11H,12H2. The number of ether oxygens (including phenoxy) is 1. The monoisotopic (exact) mass is 396 g/mol. The molecule has 0 bridgehead atoms. The van der Waals surface area contributed by atoms with Crippen molar-refractivity contribution in [2.45, 2.75) is 6.61 Å². The first-order valence-electron chi connectivity index (χ1n) is 8.12. The number of thiazole rings is 1. The summed E-state index contributed by atoms with van der Waals surface area (Å²) in [6.45, 7) is 0.487. The predicted octanol–water partition coefficient (Wildman–Crippen LogP) is 6.10. The van der Waals surface area contributed by atoms with Crippen LogP contribution >= 0.6 is 22.9 Å². The molecule has 0 atom stereocenters. The van der Waals surface area contributed by atoms with E-state index in [0.717, 1.165) is 21.5 Å². The summed E-state index contributed by atoms with van der Waals surface area (Å²) in [5.74, 6) is 0.753. The topological polar surface area (TPSA) is 65.3 Å². The summed E-state index contributed by atoms with van der Waals surface area (Å²) in [6, 6.07) is 20.3. The summed E-state index contributed by atoms with van der Waals surface area (Å²) >= 11 is 7.34. The fourth-order valence-electron chi connectivity index (χ4n) is 2.64. The van der Waals surface area contributed by atoms with Gasteiger partial charge in [0.1, 0.15) is 22.4 Å². The molecule has 0 fully saturated rings. The molecule has 0 spiro atoms. The van der Waals surface area contributed by atoms with Gasteiger partial charge in [-0.3, -0.25) is 10.1 Å². The van der Waals surface area contributed by atoms with Gasteiger partial charge in [-0.15, -0.1) is 11.3 Å². The molecule has 0 aliphatic carbocycles. The summed E-state index contributed by atoms with van der Waals surface area (Å²) in [5.41, 5.74) is 2.45. The Morgan fingerprint density at radius 1 is 1.07 bits per heavy atom. The van der Waals surface area contributed by atoms with Gasteiger partial charge < -0.3 is 4.74 Å². The lowest BCUT2D eigenvalue weighted by molar-refractivity contribution is -0.384. The third kappa shape index (κ3) is 3.77. The smallest absolute Gasteiger partial charge is 0.288 e. The normalized spacial score (nSPS) is 10.9. The van der Waals surface area contributed by atoms with E-state index in [1.807, 2.05) is 48.5 Å². The Hall–Kier alpha value is -2.96. The molecule has 1 heterocycles. The van der Waals surface area contributed by atoms with Crippen molar-refractivity contribution in [3.63, 3.8) is 0 Å². The number of nitrogens with zero attached hydrogens (tertiary/aromatic N) is 2. The molecule has 0 aliphatic rings. The van der Waals surface area contributed by atoms with Crippen LogP contribution in [0.25, 0.3) is 20.8 Å². The molecule has 0 N–H and O–H groups in total. The highest BCUT2D eigenvalue weighted by Crippen LogP contribution is 2.35. The molecular weight excluding hydrogens is 384 g/mol. The molecule has 1 aromatic heterocycles. The van der Waals surface area contributed by atoms with Crippen LogP contribution in [0.2, 0.25) is 5.02 Å². The van der Waals surface area contributed by atoms with Crippen molar-refractivity contribution in [1.82, 2.24) is 4.98 Å². The number of nitro groups is 1.